The van der Waals surface area contributed by atoms with E-state index in [1.807, 2.05) is 0 Å². The lowest BCUT2D eigenvalue weighted by molar-refractivity contribution is -0.216. The molecule has 0 aliphatic heterocycles. The van der Waals surface area contributed by atoms with Gasteiger partial charge >= 0.3 is 12.1 Å². The van der Waals surface area contributed by atoms with Gasteiger partial charge in [0.25, 0.3) is 0 Å². The third-order valence-corrected chi connectivity index (χ3v) is 0.822. The number of esters is 1. The van der Waals surface area contributed by atoms with E-state index < -0.39 is 24.9 Å². The summed E-state index contributed by atoms with van der Waals surface area (Å²) in [6, 6.07) is 0. The van der Waals surface area contributed by atoms with Crippen molar-refractivity contribution in [3.63, 3.8) is 0 Å². The largest absolute Gasteiger partial charge is 0.463 e. The van der Waals surface area contributed by atoms with E-state index in [1.165, 1.54) is 0 Å². The molecule has 3 nitrogen and oxygen atoms in total. The van der Waals surface area contributed by atoms with Crippen LogP contribution in [0.2, 0.25) is 0 Å². The van der Waals surface area contributed by atoms with Gasteiger partial charge in [-0.2, -0.15) is 13.2 Å². The number of alkyl halides is 3. The maximum atomic E-state index is 11.5. The van der Waals surface area contributed by atoms with Gasteiger partial charge in [0, 0.05) is 6.92 Å². The maximum Gasteiger partial charge on any atom is 0.417 e. The summed E-state index contributed by atoms with van der Waals surface area (Å²) in [6.45, 7) is -0.0814. The van der Waals surface area contributed by atoms with E-state index in [1.54, 1.807) is 0 Å². The van der Waals surface area contributed by atoms with Crippen molar-refractivity contribution in [1.82, 2.24) is 0 Å². The highest BCUT2D eigenvalue weighted by Crippen LogP contribution is 2.19. The molecule has 1 N–H and O–H groups in total. The van der Waals surface area contributed by atoms with E-state index in [0.29, 0.717) is 0 Å². The Hall–Kier alpha value is -0.780. The van der Waals surface area contributed by atoms with Gasteiger partial charge in [0.05, 0.1) is 0 Å². The molecule has 0 saturated heterocycles. The topological polar surface area (TPSA) is 46.5 Å². The van der Waals surface area contributed by atoms with Gasteiger partial charge in [0.15, 0.2) is 6.10 Å². The van der Waals surface area contributed by atoms with E-state index in [4.69, 9.17) is 5.11 Å². The molecule has 0 spiro atoms. The summed E-state index contributed by atoms with van der Waals surface area (Å²) in [5.41, 5.74) is 0. The van der Waals surface area contributed by atoms with Crippen molar-refractivity contribution in [2.45, 2.75) is 19.2 Å². The van der Waals surface area contributed by atoms with Gasteiger partial charge in [-0.15, -0.1) is 0 Å². The standard InChI is InChI=1S/C5H7F3O3/c1-3(9)11-2-4(10)5(6,7)8/h4,10H,2H2,1H3. The van der Waals surface area contributed by atoms with Crippen molar-refractivity contribution in [3.8, 4) is 0 Å². The van der Waals surface area contributed by atoms with Crippen LogP contribution in [0.15, 0.2) is 0 Å². The number of aliphatic hydroxyl groups is 1. The molecule has 0 saturated carbocycles. The highest BCUT2D eigenvalue weighted by Gasteiger charge is 2.38. The minimum atomic E-state index is -4.73. The van der Waals surface area contributed by atoms with Crippen molar-refractivity contribution >= 4 is 5.97 Å². The SMILES string of the molecule is CC(=O)OCC(O)C(F)(F)F. The fourth-order valence-corrected chi connectivity index (χ4v) is 0.291. The van der Waals surface area contributed by atoms with Gasteiger partial charge in [-0.1, -0.05) is 0 Å². The molecule has 0 rings (SSSR count). The summed E-state index contributed by atoms with van der Waals surface area (Å²) < 4.78 is 38.3. The fourth-order valence-electron chi connectivity index (χ4n) is 0.291. The zero-order chi connectivity index (χ0) is 9.07. The van der Waals surface area contributed by atoms with Crippen LogP contribution < -0.4 is 0 Å². The zero-order valence-electron chi connectivity index (χ0n) is 5.68. The monoisotopic (exact) mass is 172 g/mol. The molecule has 0 aromatic heterocycles. The predicted molar refractivity (Wildman–Crippen MR) is 28.7 cm³/mol. The van der Waals surface area contributed by atoms with Crippen LogP contribution in [0.25, 0.3) is 0 Å². The first kappa shape index (κ1) is 10.2. The molecule has 0 amide bonds. The molecule has 0 radical (unpaired) electrons. The normalized spacial score (nSPS) is 14.3. The maximum absolute atomic E-state index is 11.5. The molecule has 6 heteroatoms. The first-order chi connectivity index (χ1) is 4.84. The Labute approximate surface area is 60.8 Å². The second kappa shape index (κ2) is 3.56. The third kappa shape index (κ3) is 4.60. The van der Waals surface area contributed by atoms with Gasteiger partial charge in [0.2, 0.25) is 0 Å². The van der Waals surface area contributed by atoms with E-state index in [9.17, 15) is 18.0 Å². The molecular weight excluding hydrogens is 165 g/mol. The van der Waals surface area contributed by atoms with Crippen LogP contribution in [0.4, 0.5) is 13.2 Å². The Kier molecular flexibility index (Phi) is 3.31. The van der Waals surface area contributed by atoms with Crippen LogP contribution in [0.3, 0.4) is 0 Å². The van der Waals surface area contributed by atoms with Crippen molar-refractivity contribution in [3.05, 3.63) is 0 Å². The van der Waals surface area contributed by atoms with Crippen molar-refractivity contribution in [2.24, 2.45) is 0 Å². The van der Waals surface area contributed by atoms with Crippen LogP contribution >= 0.6 is 0 Å². The first-order valence-corrected chi connectivity index (χ1v) is 2.72. The lowest BCUT2D eigenvalue weighted by Crippen LogP contribution is -2.33. The van der Waals surface area contributed by atoms with Crippen molar-refractivity contribution in [2.75, 3.05) is 6.61 Å². The van der Waals surface area contributed by atoms with E-state index in [-0.39, 0.29) is 0 Å². The number of aliphatic hydroxyl groups excluding tert-OH is 1. The van der Waals surface area contributed by atoms with E-state index >= 15 is 0 Å². The molecule has 0 aliphatic carbocycles. The molecule has 0 bridgehead atoms. The number of carbonyl (C=O) groups excluding carboxylic acids is 1. The molecule has 11 heavy (non-hydrogen) atoms. The molecule has 0 fully saturated rings. The zero-order valence-corrected chi connectivity index (χ0v) is 5.68. The number of hydrogen-bond acceptors (Lipinski definition) is 3. The number of hydrogen-bond donors (Lipinski definition) is 1. The highest BCUT2D eigenvalue weighted by molar-refractivity contribution is 5.65. The molecule has 1 atom stereocenters. The average Bonchev–Trinajstić information content (AvgIpc) is 1.80. The summed E-state index contributed by atoms with van der Waals surface area (Å²) >= 11 is 0. The summed E-state index contributed by atoms with van der Waals surface area (Å²) in [5, 5.41) is 8.23. The van der Waals surface area contributed by atoms with Gasteiger partial charge in [-0.3, -0.25) is 4.79 Å². The molecule has 1 unspecified atom stereocenters. The average molecular weight is 172 g/mol. The number of ether oxygens (including phenoxy) is 1. The Morgan fingerprint density at radius 2 is 2.09 bits per heavy atom. The Bertz CT molecular complexity index is 142. The fraction of sp³-hybridized carbons (Fsp3) is 0.800. The second-order valence-electron chi connectivity index (χ2n) is 1.86. The highest BCUT2D eigenvalue weighted by atomic mass is 19.4. The minimum Gasteiger partial charge on any atom is -0.463 e. The van der Waals surface area contributed by atoms with Gasteiger partial charge < -0.3 is 9.84 Å². The van der Waals surface area contributed by atoms with Gasteiger partial charge in [0.1, 0.15) is 6.61 Å². The van der Waals surface area contributed by atoms with Crippen molar-refractivity contribution < 1.29 is 27.8 Å². The van der Waals surface area contributed by atoms with E-state index in [0.717, 1.165) is 6.92 Å². The van der Waals surface area contributed by atoms with Crippen molar-refractivity contribution in [1.29, 1.82) is 0 Å². The summed E-state index contributed by atoms with van der Waals surface area (Å²) in [6.07, 6.45) is -7.32. The Balaban J connectivity index is 3.70. The quantitative estimate of drug-likeness (QED) is 0.616. The summed E-state index contributed by atoms with van der Waals surface area (Å²) in [4.78, 5) is 9.97. The first-order valence-electron chi connectivity index (χ1n) is 2.72. The molecule has 0 aromatic rings. The van der Waals surface area contributed by atoms with Gasteiger partial charge in [-0.25, -0.2) is 0 Å². The number of carbonyl (C=O) groups is 1. The summed E-state index contributed by atoms with van der Waals surface area (Å²) in [7, 11) is 0. The molecule has 0 heterocycles. The number of rotatable bonds is 2. The Morgan fingerprint density at radius 1 is 1.64 bits per heavy atom. The lowest BCUT2D eigenvalue weighted by atomic mass is 10.4. The van der Waals surface area contributed by atoms with E-state index in [2.05, 4.69) is 4.74 Å². The molecule has 0 aromatic carbocycles. The Morgan fingerprint density at radius 3 is 2.36 bits per heavy atom. The minimum absolute atomic E-state index is 0.853. The molecule has 0 aliphatic rings. The second-order valence-corrected chi connectivity index (χ2v) is 1.86. The van der Waals surface area contributed by atoms with Crippen LogP contribution in [0.5, 0.6) is 0 Å². The smallest absolute Gasteiger partial charge is 0.417 e. The van der Waals surface area contributed by atoms with Crippen LogP contribution in [-0.2, 0) is 9.53 Å². The molecular formula is C5H7F3O3. The lowest BCUT2D eigenvalue weighted by Gasteiger charge is -2.13. The number of halogens is 3. The predicted octanol–water partition coefficient (Wildman–Crippen LogP) is 0.473. The van der Waals surface area contributed by atoms with Crippen LogP contribution in [-0.4, -0.2) is 30.0 Å². The summed E-state index contributed by atoms with van der Waals surface area (Å²) in [5.74, 6) is -0.853. The van der Waals surface area contributed by atoms with Gasteiger partial charge in [-0.05, 0) is 0 Å². The third-order valence-electron chi connectivity index (χ3n) is 0.822. The van der Waals surface area contributed by atoms with Crippen LogP contribution in [0, 0.1) is 0 Å². The van der Waals surface area contributed by atoms with Crippen LogP contribution in [0.1, 0.15) is 6.92 Å². The molecule has 66 valence electrons.